The number of rotatable bonds is 5. The van der Waals surface area contributed by atoms with Crippen LogP contribution < -0.4 is 0 Å². The lowest BCUT2D eigenvalue weighted by Crippen LogP contribution is -2.32. The molecular weight excluding hydrogens is 346 g/mol. The van der Waals surface area contributed by atoms with E-state index in [0.717, 1.165) is 9.35 Å². The van der Waals surface area contributed by atoms with Crippen LogP contribution in [0.1, 0.15) is 15.9 Å². The number of carbonyl (C=O) groups is 1. The van der Waals surface area contributed by atoms with Gasteiger partial charge in [-0.25, -0.2) is 0 Å². The van der Waals surface area contributed by atoms with Crippen molar-refractivity contribution in [3.05, 3.63) is 56.7 Å². The van der Waals surface area contributed by atoms with Gasteiger partial charge in [0.15, 0.2) is 0 Å². The zero-order chi connectivity index (χ0) is 13.7. The van der Waals surface area contributed by atoms with Gasteiger partial charge in [-0.3, -0.25) is 4.79 Å². The van der Waals surface area contributed by atoms with Gasteiger partial charge in [0.1, 0.15) is 0 Å². The van der Waals surface area contributed by atoms with E-state index in [1.54, 1.807) is 4.90 Å². The number of hydrogen-bond acceptors (Lipinski definition) is 2. The van der Waals surface area contributed by atoms with Gasteiger partial charge in [-0.1, -0.05) is 30.3 Å². The summed E-state index contributed by atoms with van der Waals surface area (Å²) in [5.41, 5.74) is 1.81. The lowest BCUT2D eigenvalue weighted by atomic mass is 10.2. The van der Waals surface area contributed by atoms with E-state index >= 15 is 0 Å². The average molecular weight is 359 g/mol. The van der Waals surface area contributed by atoms with Crippen LogP contribution in [0.2, 0.25) is 0 Å². The third-order valence-corrected chi connectivity index (χ3v) is 4.35. The fraction of sp³-hybridized carbons (Fsp3) is 0.214. The number of benzene rings is 1. The highest BCUT2D eigenvalue weighted by atomic mass is 79.9. The Balaban J connectivity index is 2.13. The highest BCUT2D eigenvalue weighted by Gasteiger charge is 2.16. The van der Waals surface area contributed by atoms with Crippen molar-refractivity contribution in [1.29, 1.82) is 0 Å². The molecule has 0 saturated carbocycles. The monoisotopic (exact) mass is 357 g/mol. The molecule has 0 saturated heterocycles. The maximum atomic E-state index is 12.4. The van der Waals surface area contributed by atoms with Crippen molar-refractivity contribution in [2.24, 2.45) is 0 Å². The van der Waals surface area contributed by atoms with Gasteiger partial charge < -0.3 is 4.90 Å². The molecule has 19 heavy (non-hydrogen) atoms. The summed E-state index contributed by atoms with van der Waals surface area (Å²) in [6.07, 6.45) is 0. The van der Waals surface area contributed by atoms with Crippen LogP contribution in [0.4, 0.5) is 0 Å². The fourth-order valence-electron chi connectivity index (χ4n) is 1.76. The summed E-state index contributed by atoms with van der Waals surface area (Å²) in [4.78, 5) is 14.2. The van der Waals surface area contributed by atoms with E-state index in [2.05, 4.69) is 15.9 Å². The van der Waals surface area contributed by atoms with Crippen LogP contribution in [0.25, 0.3) is 0 Å². The number of hydrogen-bond donors (Lipinski definition) is 0. The Labute approximate surface area is 130 Å². The topological polar surface area (TPSA) is 20.3 Å². The number of thiophene rings is 1. The molecule has 0 aliphatic heterocycles. The summed E-state index contributed by atoms with van der Waals surface area (Å²) in [7, 11) is 0. The molecule has 100 valence electrons. The van der Waals surface area contributed by atoms with Gasteiger partial charge in [0.2, 0.25) is 0 Å². The summed E-state index contributed by atoms with van der Waals surface area (Å²) in [5, 5.41) is 1.86. The SMILES string of the molecule is O=C(c1csc(Br)c1)N(CCCl)Cc1ccccc1. The van der Waals surface area contributed by atoms with Crippen molar-refractivity contribution in [2.75, 3.05) is 12.4 Å². The molecule has 1 aromatic heterocycles. The second-order valence-corrected chi connectivity index (χ2v) is 6.71. The standard InChI is InChI=1S/C14H13BrClNOS/c15-13-8-12(10-19-13)14(18)17(7-6-16)9-11-4-2-1-3-5-11/h1-5,8,10H,6-7,9H2. The largest absolute Gasteiger partial charge is 0.333 e. The minimum Gasteiger partial charge on any atom is -0.333 e. The predicted molar refractivity (Wildman–Crippen MR) is 83.9 cm³/mol. The smallest absolute Gasteiger partial charge is 0.255 e. The Bertz CT molecular complexity index is 543. The van der Waals surface area contributed by atoms with Crippen LogP contribution in [-0.4, -0.2) is 23.2 Å². The molecule has 0 spiro atoms. The fourth-order valence-corrected chi connectivity index (χ4v) is 3.10. The third kappa shape index (κ3) is 4.06. The summed E-state index contributed by atoms with van der Waals surface area (Å²) in [6, 6.07) is 11.8. The van der Waals surface area contributed by atoms with E-state index in [-0.39, 0.29) is 5.91 Å². The Hall–Kier alpha value is -0.840. The van der Waals surface area contributed by atoms with Crippen LogP contribution in [0.5, 0.6) is 0 Å². The molecule has 0 bridgehead atoms. The highest BCUT2D eigenvalue weighted by Crippen LogP contribution is 2.22. The predicted octanol–water partition coefficient (Wildman–Crippen LogP) is 4.39. The quantitative estimate of drug-likeness (QED) is 0.726. The highest BCUT2D eigenvalue weighted by molar-refractivity contribution is 9.11. The van der Waals surface area contributed by atoms with Gasteiger partial charge in [-0.15, -0.1) is 22.9 Å². The van der Waals surface area contributed by atoms with Gasteiger partial charge in [0.25, 0.3) is 5.91 Å². The second kappa shape index (κ2) is 7.08. The van der Waals surface area contributed by atoms with E-state index in [0.29, 0.717) is 24.5 Å². The van der Waals surface area contributed by atoms with E-state index < -0.39 is 0 Å². The normalized spacial score (nSPS) is 10.4. The molecule has 1 heterocycles. The van der Waals surface area contributed by atoms with Crippen LogP contribution in [0.3, 0.4) is 0 Å². The average Bonchev–Trinajstić information content (AvgIpc) is 2.85. The molecule has 0 radical (unpaired) electrons. The zero-order valence-corrected chi connectivity index (χ0v) is 13.3. The molecule has 0 fully saturated rings. The van der Waals surface area contributed by atoms with Gasteiger partial charge in [0.05, 0.1) is 9.35 Å². The molecule has 0 aliphatic carbocycles. The molecule has 1 aromatic carbocycles. The van der Waals surface area contributed by atoms with Crippen LogP contribution in [0.15, 0.2) is 45.6 Å². The first-order chi connectivity index (χ1) is 9.20. The molecular formula is C14H13BrClNOS. The number of alkyl halides is 1. The number of amides is 1. The van der Waals surface area contributed by atoms with Crippen LogP contribution >= 0.6 is 38.9 Å². The van der Waals surface area contributed by atoms with E-state index in [1.165, 1.54) is 11.3 Å². The van der Waals surface area contributed by atoms with E-state index in [4.69, 9.17) is 11.6 Å². The van der Waals surface area contributed by atoms with Crippen molar-refractivity contribution < 1.29 is 4.79 Å². The Morgan fingerprint density at radius 3 is 2.63 bits per heavy atom. The van der Waals surface area contributed by atoms with Crippen molar-refractivity contribution >= 4 is 44.8 Å². The van der Waals surface area contributed by atoms with E-state index in [9.17, 15) is 4.79 Å². The lowest BCUT2D eigenvalue weighted by Gasteiger charge is -2.21. The van der Waals surface area contributed by atoms with Gasteiger partial charge in [-0.2, -0.15) is 0 Å². The molecule has 0 atom stereocenters. The molecule has 2 nitrogen and oxygen atoms in total. The van der Waals surface area contributed by atoms with E-state index in [1.807, 2.05) is 41.8 Å². The first-order valence-electron chi connectivity index (χ1n) is 5.84. The van der Waals surface area contributed by atoms with Crippen molar-refractivity contribution in [3.8, 4) is 0 Å². The minimum absolute atomic E-state index is 0.0199. The number of halogens is 2. The summed E-state index contributed by atoms with van der Waals surface area (Å²) < 4.78 is 0.960. The Kier molecular flexibility index (Phi) is 5.43. The lowest BCUT2D eigenvalue weighted by molar-refractivity contribution is 0.0754. The van der Waals surface area contributed by atoms with Crippen molar-refractivity contribution in [2.45, 2.75) is 6.54 Å². The maximum Gasteiger partial charge on any atom is 0.255 e. The van der Waals surface area contributed by atoms with Crippen LogP contribution in [-0.2, 0) is 6.54 Å². The first kappa shape index (κ1) is 14.6. The van der Waals surface area contributed by atoms with Crippen molar-refractivity contribution in [1.82, 2.24) is 4.90 Å². The molecule has 5 heteroatoms. The maximum absolute atomic E-state index is 12.4. The molecule has 0 aliphatic rings. The molecule has 2 rings (SSSR count). The molecule has 0 N–H and O–H groups in total. The Morgan fingerprint density at radius 1 is 1.32 bits per heavy atom. The van der Waals surface area contributed by atoms with Gasteiger partial charge >= 0.3 is 0 Å². The summed E-state index contributed by atoms with van der Waals surface area (Å²) in [6.45, 7) is 1.13. The molecule has 0 unspecified atom stereocenters. The molecule has 1 amide bonds. The number of carbonyl (C=O) groups excluding carboxylic acids is 1. The van der Waals surface area contributed by atoms with Crippen LogP contribution in [0, 0.1) is 0 Å². The first-order valence-corrected chi connectivity index (χ1v) is 8.04. The molecule has 2 aromatic rings. The summed E-state index contributed by atoms with van der Waals surface area (Å²) >= 11 is 10.7. The summed E-state index contributed by atoms with van der Waals surface area (Å²) in [5.74, 6) is 0.454. The Morgan fingerprint density at radius 2 is 2.05 bits per heavy atom. The number of nitrogens with zero attached hydrogens (tertiary/aromatic N) is 1. The second-order valence-electron chi connectivity index (χ2n) is 4.04. The third-order valence-electron chi connectivity index (χ3n) is 2.67. The minimum atomic E-state index is 0.0199. The zero-order valence-electron chi connectivity index (χ0n) is 10.2. The van der Waals surface area contributed by atoms with Gasteiger partial charge in [0, 0.05) is 24.3 Å². The van der Waals surface area contributed by atoms with Gasteiger partial charge in [-0.05, 0) is 27.6 Å². The van der Waals surface area contributed by atoms with Crippen molar-refractivity contribution in [3.63, 3.8) is 0 Å².